The minimum absolute atomic E-state index is 0.383. The number of allylic oxidation sites excluding steroid dienone is 1. The van der Waals surface area contributed by atoms with Gasteiger partial charge in [0.2, 0.25) is 0 Å². The third-order valence-electron chi connectivity index (χ3n) is 2.29. The van der Waals surface area contributed by atoms with Crippen LogP contribution in [0.4, 0.5) is 0 Å². The van der Waals surface area contributed by atoms with Gasteiger partial charge in [-0.25, -0.2) is 0 Å². The Kier molecular flexibility index (Phi) is 12.6. The molecule has 0 amide bonds. The van der Waals surface area contributed by atoms with Crippen LogP contribution in [0.15, 0.2) is 30.5 Å². The Morgan fingerprint density at radius 2 is 1.78 bits per heavy atom. The molecule has 18 heavy (non-hydrogen) atoms. The summed E-state index contributed by atoms with van der Waals surface area (Å²) in [4.78, 5) is 0. The molecule has 1 rings (SSSR count). The maximum atomic E-state index is 9.63. The van der Waals surface area contributed by atoms with Gasteiger partial charge in [0.25, 0.3) is 0 Å². The van der Waals surface area contributed by atoms with Crippen LogP contribution in [0.3, 0.4) is 0 Å². The quantitative estimate of drug-likeness (QED) is 0.830. The molecule has 0 bridgehead atoms. The van der Waals surface area contributed by atoms with Crippen LogP contribution in [0, 0.1) is 6.92 Å². The standard InChI is InChI=1S/C12H17NO.2C2H6/c1-9-4-6-11(12(14)8-9)7-5-10(2)13-3;2*1-2/h4,6,8,13-14H,2,5,7H2,1,3H3;2*1-2H3. The molecule has 2 heteroatoms. The van der Waals surface area contributed by atoms with Gasteiger partial charge < -0.3 is 10.4 Å². The summed E-state index contributed by atoms with van der Waals surface area (Å²) in [6.07, 6.45) is 1.68. The molecule has 0 aliphatic heterocycles. The summed E-state index contributed by atoms with van der Waals surface area (Å²) >= 11 is 0. The molecule has 0 radical (unpaired) electrons. The summed E-state index contributed by atoms with van der Waals surface area (Å²) in [5.41, 5.74) is 3.05. The Bertz CT molecular complexity index is 332. The van der Waals surface area contributed by atoms with Crippen LogP contribution in [-0.4, -0.2) is 12.2 Å². The summed E-state index contributed by atoms with van der Waals surface area (Å²) in [6, 6.07) is 5.77. The average molecular weight is 251 g/mol. The van der Waals surface area contributed by atoms with Crippen molar-refractivity contribution < 1.29 is 5.11 Å². The summed E-state index contributed by atoms with van der Waals surface area (Å²) in [5.74, 6) is 0.383. The van der Waals surface area contributed by atoms with Crippen LogP contribution in [-0.2, 0) is 6.42 Å². The van der Waals surface area contributed by atoms with Gasteiger partial charge in [0.15, 0.2) is 0 Å². The Hall–Kier alpha value is -1.44. The molecule has 2 N–H and O–H groups in total. The fraction of sp³-hybridized carbons (Fsp3) is 0.500. The number of phenolic OH excluding ortho intramolecular Hbond substituents is 1. The van der Waals surface area contributed by atoms with E-state index in [0.717, 1.165) is 29.7 Å². The number of nitrogens with one attached hydrogen (secondary N) is 1. The molecule has 2 nitrogen and oxygen atoms in total. The molecular formula is C16H29NO. The van der Waals surface area contributed by atoms with Gasteiger partial charge in [-0.2, -0.15) is 0 Å². The van der Waals surface area contributed by atoms with Crippen molar-refractivity contribution in [3.63, 3.8) is 0 Å². The fourth-order valence-electron chi connectivity index (χ4n) is 1.30. The van der Waals surface area contributed by atoms with Crippen LogP contribution in [0.25, 0.3) is 0 Å². The van der Waals surface area contributed by atoms with Crippen molar-refractivity contribution in [2.75, 3.05) is 7.05 Å². The van der Waals surface area contributed by atoms with Crippen molar-refractivity contribution >= 4 is 0 Å². The Balaban J connectivity index is 0. The maximum absolute atomic E-state index is 9.63. The van der Waals surface area contributed by atoms with Gasteiger partial charge in [0, 0.05) is 12.7 Å². The first kappa shape index (κ1) is 18.9. The van der Waals surface area contributed by atoms with Gasteiger partial charge in [0.1, 0.15) is 5.75 Å². The summed E-state index contributed by atoms with van der Waals surface area (Å²) in [7, 11) is 1.86. The summed E-state index contributed by atoms with van der Waals surface area (Å²) < 4.78 is 0. The van der Waals surface area contributed by atoms with E-state index < -0.39 is 0 Å². The first-order chi connectivity index (χ1) is 8.63. The number of benzene rings is 1. The van der Waals surface area contributed by atoms with Crippen LogP contribution < -0.4 is 5.32 Å². The highest BCUT2D eigenvalue weighted by Crippen LogP contribution is 2.20. The lowest BCUT2D eigenvalue weighted by Gasteiger charge is -2.07. The molecule has 1 aromatic rings. The number of aryl methyl sites for hydroxylation is 2. The third-order valence-corrected chi connectivity index (χ3v) is 2.29. The summed E-state index contributed by atoms with van der Waals surface area (Å²) in [5, 5.41) is 12.6. The molecule has 1 aromatic carbocycles. The largest absolute Gasteiger partial charge is 0.508 e. The number of hydrogen-bond donors (Lipinski definition) is 2. The van der Waals surface area contributed by atoms with Crippen LogP contribution in [0.1, 0.15) is 45.2 Å². The van der Waals surface area contributed by atoms with E-state index in [1.54, 1.807) is 6.07 Å². The van der Waals surface area contributed by atoms with Crippen molar-refractivity contribution in [2.24, 2.45) is 0 Å². The van der Waals surface area contributed by atoms with Gasteiger partial charge in [-0.3, -0.25) is 0 Å². The smallest absolute Gasteiger partial charge is 0.119 e. The lowest BCUT2D eigenvalue weighted by molar-refractivity contribution is 0.467. The SMILES string of the molecule is C=C(CCc1ccc(C)cc1O)NC.CC.CC. The average Bonchev–Trinajstić information content (AvgIpc) is 2.42. The van der Waals surface area contributed by atoms with Crippen LogP contribution in [0.2, 0.25) is 0 Å². The molecule has 0 saturated carbocycles. The molecule has 0 aliphatic carbocycles. The predicted molar refractivity (Wildman–Crippen MR) is 82.1 cm³/mol. The van der Waals surface area contributed by atoms with Gasteiger partial charge in [-0.1, -0.05) is 46.4 Å². The van der Waals surface area contributed by atoms with E-state index in [1.165, 1.54) is 0 Å². The Morgan fingerprint density at radius 3 is 2.22 bits per heavy atom. The van der Waals surface area contributed by atoms with Crippen molar-refractivity contribution in [1.82, 2.24) is 5.32 Å². The van der Waals surface area contributed by atoms with Gasteiger partial charge >= 0.3 is 0 Å². The highest BCUT2D eigenvalue weighted by Gasteiger charge is 2.01. The molecule has 0 spiro atoms. The normalized spacial score (nSPS) is 8.33. The van der Waals surface area contributed by atoms with E-state index >= 15 is 0 Å². The lowest BCUT2D eigenvalue weighted by atomic mass is 10.1. The highest BCUT2D eigenvalue weighted by molar-refractivity contribution is 5.36. The van der Waals surface area contributed by atoms with Gasteiger partial charge in [-0.15, -0.1) is 0 Å². The van der Waals surface area contributed by atoms with Gasteiger partial charge in [-0.05, 0) is 37.0 Å². The maximum Gasteiger partial charge on any atom is 0.119 e. The molecule has 0 fully saturated rings. The Morgan fingerprint density at radius 1 is 1.22 bits per heavy atom. The second kappa shape index (κ2) is 12.0. The number of aromatic hydroxyl groups is 1. The topological polar surface area (TPSA) is 32.3 Å². The first-order valence-electron chi connectivity index (χ1n) is 6.77. The molecule has 0 aromatic heterocycles. The summed E-state index contributed by atoms with van der Waals surface area (Å²) in [6.45, 7) is 13.8. The fourth-order valence-corrected chi connectivity index (χ4v) is 1.30. The van der Waals surface area contributed by atoms with Gasteiger partial charge in [0.05, 0.1) is 0 Å². The first-order valence-corrected chi connectivity index (χ1v) is 6.77. The van der Waals surface area contributed by atoms with Crippen LogP contribution in [0.5, 0.6) is 5.75 Å². The van der Waals surface area contributed by atoms with Crippen molar-refractivity contribution in [3.8, 4) is 5.75 Å². The van der Waals surface area contributed by atoms with Crippen molar-refractivity contribution in [3.05, 3.63) is 41.6 Å². The zero-order valence-electron chi connectivity index (χ0n) is 12.8. The lowest BCUT2D eigenvalue weighted by Crippen LogP contribution is -2.05. The number of hydrogen-bond acceptors (Lipinski definition) is 2. The third kappa shape index (κ3) is 7.77. The number of phenols is 1. The van der Waals surface area contributed by atoms with E-state index in [0.29, 0.717) is 5.75 Å². The zero-order chi connectivity index (χ0) is 14.6. The molecular weight excluding hydrogens is 222 g/mol. The minimum atomic E-state index is 0.383. The van der Waals surface area contributed by atoms with Crippen LogP contribution >= 0.6 is 0 Å². The molecule has 0 unspecified atom stereocenters. The second-order valence-corrected chi connectivity index (χ2v) is 3.49. The minimum Gasteiger partial charge on any atom is -0.508 e. The van der Waals surface area contributed by atoms with Crippen molar-refractivity contribution in [1.29, 1.82) is 0 Å². The molecule has 0 atom stereocenters. The molecule has 104 valence electrons. The van der Waals surface area contributed by atoms with E-state index in [9.17, 15) is 5.11 Å². The van der Waals surface area contributed by atoms with E-state index in [4.69, 9.17) is 0 Å². The Labute approximate surface area is 113 Å². The van der Waals surface area contributed by atoms with E-state index in [-0.39, 0.29) is 0 Å². The van der Waals surface area contributed by atoms with E-state index in [1.807, 2.05) is 53.8 Å². The van der Waals surface area contributed by atoms with Crippen molar-refractivity contribution in [2.45, 2.75) is 47.5 Å². The highest BCUT2D eigenvalue weighted by atomic mass is 16.3. The monoisotopic (exact) mass is 251 g/mol. The number of rotatable bonds is 4. The molecule has 0 aliphatic rings. The molecule has 0 heterocycles. The van der Waals surface area contributed by atoms with E-state index in [2.05, 4.69) is 11.9 Å². The zero-order valence-corrected chi connectivity index (χ0v) is 12.8. The predicted octanol–water partition coefficient (Wildman–Crippen LogP) is 4.42. The second-order valence-electron chi connectivity index (χ2n) is 3.49. The molecule has 0 saturated heterocycles.